The second-order valence-corrected chi connectivity index (χ2v) is 6.46. The highest BCUT2D eigenvalue weighted by Crippen LogP contribution is 2.22. The molecule has 2 aromatic rings. The molecule has 8 nitrogen and oxygen atoms in total. The Morgan fingerprint density at radius 3 is 2.24 bits per heavy atom. The van der Waals surface area contributed by atoms with Gasteiger partial charge in [0.25, 0.3) is 10.0 Å². The molecule has 2 aromatic carbocycles. The number of rotatable bonds is 5. The molecule has 0 aliphatic carbocycles. The maximum Gasteiger partial charge on any atom is 0.337 e. The summed E-state index contributed by atoms with van der Waals surface area (Å²) in [5.74, 6) is -1.81. The van der Waals surface area contributed by atoms with E-state index >= 15 is 0 Å². The molecule has 0 bridgehead atoms. The lowest BCUT2D eigenvalue weighted by Gasteiger charge is -2.10. The molecule has 0 aromatic heterocycles. The standard InChI is InChI=1S/C15H14FN3O5S/c1-24-14(20)9-2-7-12(16)13(8-9)25(22,23)19-11-5-3-10(4-6-11)18-15(17)21/h2-8,19H,1H3,(H3,17,18,21). The molecule has 4 N–H and O–H groups in total. The number of carbonyl (C=O) groups is 2. The molecule has 25 heavy (non-hydrogen) atoms. The van der Waals surface area contributed by atoms with Gasteiger partial charge < -0.3 is 15.8 Å². The van der Waals surface area contributed by atoms with E-state index in [1.807, 2.05) is 0 Å². The molecule has 0 atom stereocenters. The van der Waals surface area contributed by atoms with Gasteiger partial charge in [0.1, 0.15) is 10.7 Å². The van der Waals surface area contributed by atoms with Crippen LogP contribution in [-0.2, 0) is 14.8 Å². The average molecular weight is 367 g/mol. The van der Waals surface area contributed by atoms with E-state index in [4.69, 9.17) is 5.73 Å². The first-order valence-electron chi connectivity index (χ1n) is 6.80. The number of anilines is 2. The molecule has 132 valence electrons. The smallest absolute Gasteiger partial charge is 0.337 e. The Balaban J connectivity index is 2.30. The first-order valence-corrected chi connectivity index (χ1v) is 8.28. The van der Waals surface area contributed by atoms with E-state index in [0.29, 0.717) is 5.69 Å². The van der Waals surface area contributed by atoms with Gasteiger partial charge in [0.15, 0.2) is 0 Å². The molecule has 0 radical (unpaired) electrons. The molecule has 0 aliphatic rings. The van der Waals surface area contributed by atoms with Crippen LogP contribution in [0.25, 0.3) is 0 Å². The molecular weight excluding hydrogens is 353 g/mol. The van der Waals surface area contributed by atoms with Gasteiger partial charge in [0.05, 0.1) is 12.7 Å². The van der Waals surface area contributed by atoms with Crippen LogP contribution in [0.15, 0.2) is 47.4 Å². The highest BCUT2D eigenvalue weighted by atomic mass is 32.2. The van der Waals surface area contributed by atoms with Crippen molar-refractivity contribution in [2.45, 2.75) is 4.90 Å². The van der Waals surface area contributed by atoms with Gasteiger partial charge in [0, 0.05) is 11.4 Å². The Morgan fingerprint density at radius 1 is 1.08 bits per heavy atom. The Kier molecular flexibility index (Phi) is 5.22. The predicted octanol–water partition coefficient (Wildman–Crippen LogP) is 1.90. The number of esters is 1. The highest BCUT2D eigenvalue weighted by molar-refractivity contribution is 7.92. The first-order chi connectivity index (χ1) is 11.7. The number of methoxy groups -OCH3 is 1. The van der Waals surface area contributed by atoms with Crippen LogP contribution < -0.4 is 15.8 Å². The summed E-state index contributed by atoms with van der Waals surface area (Å²) in [6.07, 6.45) is 0. The Bertz CT molecular complexity index is 913. The topological polar surface area (TPSA) is 128 Å². The van der Waals surface area contributed by atoms with Gasteiger partial charge in [-0.2, -0.15) is 0 Å². The van der Waals surface area contributed by atoms with Gasteiger partial charge in [0.2, 0.25) is 0 Å². The fourth-order valence-electron chi connectivity index (χ4n) is 1.93. The first kappa shape index (κ1) is 18.2. The summed E-state index contributed by atoms with van der Waals surface area (Å²) in [6.45, 7) is 0. The summed E-state index contributed by atoms with van der Waals surface area (Å²) in [5, 5.41) is 2.31. The lowest BCUT2D eigenvalue weighted by Crippen LogP contribution is -2.19. The van der Waals surface area contributed by atoms with Gasteiger partial charge >= 0.3 is 12.0 Å². The van der Waals surface area contributed by atoms with Crippen molar-refractivity contribution < 1.29 is 27.1 Å². The maximum atomic E-state index is 13.9. The summed E-state index contributed by atoms with van der Waals surface area (Å²) in [7, 11) is -3.16. The quantitative estimate of drug-likeness (QED) is 0.696. The van der Waals surface area contributed by atoms with Crippen LogP contribution in [0, 0.1) is 5.82 Å². The maximum absolute atomic E-state index is 13.9. The molecule has 0 spiro atoms. The molecule has 0 heterocycles. The van der Waals surface area contributed by atoms with Gasteiger partial charge in [-0.3, -0.25) is 4.72 Å². The number of benzene rings is 2. The van der Waals surface area contributed by atoms with Gasteiger partial charge in [-0.15, -0.1) is 0 Å². The van der Waals surface area contributed by atoms with Crippen molar-refractivity contribution in [1.82, 2.24) is 0 Å². The summed E-state index contributed by atoms with van der Waals surface area (Å²) in [4.78, 5) is 21.5. The number of hydrogen-bond donors (Lipinski definition) is 3. The lowest BCUT2D eigenvalue weighted by atomic mass is 10.2. The zero-order valence-electron chi connectivity index (χ0n) is 12.9. The number of amides is 2. The molecule has 2 amide bonds. The molecule has 10 heteroatoms. The van der Waals surface area contributed by atoms with Crippen LogP contribution in [-0.4, -0.2) is 27.5 Å². The minimum atomic E-state index is -4.29. The molecule has 0 saturated heterocycles. The molecule has 0 fully saturated rings. The zero-order valence-corrected chi connectivity index (χ0v) is 13.8. The number of sulfonamides is 1. The number of nitrogens with one attached hydrogen (secondary N) is 2. The number of primary amides is 1. The van der Waals surface area contributed by atoms with Crippen molar-refractivity contribution in [3.8, 4) is 0 Å². The molecule has 0 unspecified atom stereocenters. The lowest BCUT2D eigenvalue weighted by molar-refractivity contribution is 0.0600. The number of ether oxygens (including phenoxy) is 1. The monoisotopic (exact) mass is 367 g/mol. The SMILES string of the molecule is COC(=O)c1ccc(F)c(S(=O)(=O)Nc2ccc(NC(N)=O)cc2)c1. The summed E-state index contributed by atoms with van der Waals surface area (Å²) in [5.41, 5.74) is 5.34. The van der Waals surface area contributed by atoms with Crippen LogP contribution >= 0.6 is 0 Å². The highest BCUT2D eigenvalue weighted by Gasteiger charge is 2.21. The van der Waals surface area contributed by atoms with Crippen molar-refractivity contribution in [1.29, 1.82) is 0 Å². The molecule has 2 rings (SSSR count). The second-order valence-electron chi connectivity index (χ2n) is 4.81. The van der Waals surface area contributed by atoms with Gasteiger partial charge in [-0.05, 0) is 42.5 Å². The Morgan fingerprint density at radius 2 is 1.68 bits per heavy atom. The van der Waals surface area contributed by atoms with E-state index in [9.17, 15) is 22.4 Å². The zero-order chi connectivity index (χ0) is 18.6. The van der Waals surface area contributed by atoms with E-state index in [2.05, 4.69) is 14.8 Å². The second kappa shape index (κ2) is 7.18. The largest absolute Gasteiger partial charge is 0.465 e. The number of nitrogens with two attached hydrogens (primary N) is 1. The Labute approximate surface area is 142 Å². The van der Waals surface area contributed by atoms with E-state index < -0.39 is 32.7 Å². The van der Waals surface area contributed by atoms with E-state index in [0.717, 1.165) is 25.3 Å². The van der Waals surface area contributed by atoms with Crippen LogP contribution in [0.3, 0.4) is 0 Å². The predicted molar refractivity (Wildman–Crippen MR) is 88.2 cm³/mol. The average Bonchev–Trinajstić information content (AvgIpc) is 2.55. The van der Waals surface area contributed by atoms with E-state index in [-0.39, 0.29) is 11.3 Å². The minimum absolute atomic E-state index is 0.106. The number of halogens is 1. The van der Waals surface area contributed by atoms with E-state index in [1.54, 1.807) is 0 Å². The van der Waals surface area contributed by atoms with E-state index in [1.165, 1.54) is 24.3 Å². The van der Waals surface area contributed by atoms with Crippen LogP contribution in [0.5, 0.6) is 0 Å². The van der Waals surface area contributed by atoms with Crippen molar-refractivity contribution in [2.75, 3.05) is 17.1 Å². The molecule has 0 aliphatic heterocycles. The number of hydrogen-bond acceptors (Lipinski definition) is 5. The summed E-state index contributed by atoms with van der Waals surface area (Å²) < 4.78 is 45.3. The van der Waals surface area contributed by atoms with Crippen LogP contribution in [0.4, 0.5) is 20.6 Å². The molecular formula is C15H14FN3O5S. The number of carbonyl (C=O) groups excluding carboxylic acids is 2. The minimum Gasteiger partial charge on any atom is -0.465 e. The fraction of sp³-hybridized carbons (Fsp3) is 0.0667. The third-order valence-electron chi connectivity index (χ3n) is 3.05. The van der Waals surface area contributed by atoms with Gasteiger partial charge in [-0.1, -0.05) is 0 Å². The normalized spacial score (nSPS) is 10.8. The summed E-state index contributed by atoms with van der Waals surface area (Å²) >= 11 is 0. The molecule has 0 saturated carbocycles. The van der Waals surface area contributed by atoms with Crippen molar-refractivity contribution in [3.05, 3.63) is 53.8 Å². The summed E-state index contributed by atoms with van der Waals surface area (Å²) in [6, 6.07) is 7.61. The fourth-order valence-corrected chi connectivity index (χ4v) is 3.09. The third-order valence-corrected chi connectivity index (χ3v) is 4.44. The van der Waals surface area contributed by atoms with Crippen LogP contribution in [0.2, 0.25) is 0 Å². The van der Waals surface area contributed by atoms with Crippen molar-refractivity contribution >= 4 is 33.4 Å². The third kappa shape index (κ3) is 4.44. The number of urea groups is 1. The van der Waals surface area contributed by atoms with Crippen LogP contribution in [0.1, 0.15) is 10.4 Å². The Hall–Kier alpha value is -3.14. The van der Waals surface area contributed by atoms with Crippen molar-refractivity contribution in [2.24, 2.45) is 5.73 Å². The van der Waals surface area contributed by atoms with Crippen molar-refractivity contribution in [3.63, 3.8) is 0 Å². The van der Waals surface area contributed by atoms with Gasteiger partial charge in [-0.25, -0.2) is 22.4 Å².